The first-order valence-electron chi connectivity index (χ1n) is 16.0. The summed E-state index contributed by atoms with van der Waals surface area (Å²) >= 11 is 0. The third kappa shape index (κ3) is 8.49. The minimum Gasteiger partial charge on any atom is -0.481 e. The van der Waals surface area contributed by atoms with Gasteiger partial charge in [0.15, 0.2) is 5.78 Å². The molecule has 1 aromatic heterocycles. The molecule has 44 heavy (non-hydrogen) atoms. The first kappa shape index (κ1) is 32.8. The number of nitrogens with zero attached hydrogens (tertiary/aromatic N) is 1. The van der Waals surface area contributed by atoms with Crippen molar-refractivity contribution < 1.29 is 14.7 Å². The summed E-state index contributed by atoms with van der Waals surface area (Å²) < 4.78 is 2.05. The van der Waals surface area contributed by atoms with Gasteiger partial charge in [0.25, 0.3) is 0 Å². The highest BCUT2D eigenvalue weighted by atomic mass is 16.4. The fourth-order valence-corrected chi connectivity index (χ4v) is 6.05. The third-order valence-electron chi connectivity index (χ3n) is 8.21. The highest BCUT2D eigenvalue weighted by Gasteiger charge is 2.21. The molecule has 3 aromatic carbocycles. The highest BCUT2D eigenvalue weighted by molar-refractivity contribution is 6.10. The summed E-state index contributed by atoms with van der Waals surface area (Å²) in [6.45, 7) is 11.0. The Balaban J connectivity index is 1.63. The van der Waals surface area contributed by atoms with Crippen molar-refractivity contribution >= 4 is 17.4 Å². The normalized spacial score (nSPS) is 11.5. The minimum absolute atomic E-state index is 0.0155. The number of carboxylic acids is 1. The Hall–Kier alpha value is -4.12. The second-order valence-electron chi connectivity index (χ2n) is 12.8. The Morgan fingerprint density at radius 2 is 1.39 bits per heavy atom. The maximum atomic E-state index is 13.9. The van der Waals surface area contributed by atoms with Crippen LogP contribution in [0, 0.1) is 11.8 Å². The Bertz CT molecular complexity index is 1490. The first-order valence-corrected chi connectivity index (χ1v) is 16.0. The molecular formula is C39H48N2O3. The van der Waals surface area contributed by atoms with Crippen molar-refractivity contribution in [2.45, 2.75) is 79.2 Å². The summed E-state index contributed by atoms with van der Waals surface area (Å²) in [6.07, 6.45) is 4.10. The molecule has 0 saturated heterocycles. The summed E-state index contributed by atoms with van der Waals surface area (Å²) in [5, 5.41) is 12.8. The standard InChI is InChI=1S/C39H48N2O3/c1-7-36-35(25-34(41(36)6)12-9-13-37(42)43)39(44)32-10-8-11-33(24-32)40-38(30-18-14-28(15-19-30)22-26(2)3)31-20-16-29(17-21-31)23-27(4)5/h8,10-11,14-21,24-27,38,40H,7,9,12-13,22-23H2,1-6H3,(H,42,43). The summed E-state index contributed by atoms with van der Waals surface area (Å²) in [5.41, 5.74) is 9.18. The lowest BCUT2D eigenvalue weighted by Crippen LogP contribution is -2.13. The SMILES string of the molecule is CCc1c(C(=O)c2cccc(NC(c3ccc(CC(C)C)cc3)c3ccc(CC(C)C)cc3)c2)cc(CCCC(=O)O)n1C. The maximum absolute atomic E-state index is 13.9. The zero-order chi connectivity index (χ0) is 31.8. The Morgan fingerprint density at radius 1 is 0.818 bits per heavy atom. The van der Waals surface area contributed by atoms with Gasteiger partial charge >= 0.3 is 5.97 Å². The number of aryl methyl sites for hydroxylation is 1. The predicted octanol–water partition coefficient (Wildman–Crippen LogP) is 8.82. The van der Waals surface area contributed by atoms with E-state index in [1.807, 2.05) is 37.4 Å². The molecule has 0 aliphatic carbocycles. The molecule has 4 rings (SSSR count). The molecule has 232 valence electrons. The van der Waals surface area contributed by atoms with Crippen molar-refractivity contribution in [1.29, 1.82) is 0 Å². The van der Waals surface area contributed by atoms with Crippen LogP contribution in [0.1, 0.15) is 103 Å². The number of hydrogen-bond donors (Lipinski definition) is 2. The number of carboxylic acid groups (broad SMARTS) is 1. The topological polar surface area (TPSA) is 71.3 Å². The average molecular weight is 593 g/mol. The van der Waals surface area contributed by atoms with Gasteiger partial charge in [-0.05, 0) is 84.4 Å². The molecule has 4 aromatic rings. The number of hydrogen-bond acceptors (Lipinski definition) is 3. The van der Waals surface area contributed by atoms with Gasteiger partial charge < -0.3 is 15.0 Å². The monoisotopic (exact) mass is 592 g/mol. The zero-order valence-electron chi connectivity index (χ0n) is 27.2. The van der Waals surface area contributed by atoms with Crippen LogP contribution in [-0.4, -0.2) is 21.4 Å². The number of carbonyl (C=O) groups is 2. The Labute approximate surface area is 263 Å². The van der Waals surface area contributed by atoms with Crippen LogP contribution in [0.15, 0.2) is 78.9 Å². The van der Waals surface area contributed by atoms with E-state index in [1.54, 1.807) is 0 Å². The summed E-state index contributed by atoms with van der Waals surface area (Å²) in [7, 11) is 1.97. The van der Waals surface area contributed by atoms with Gasteiger partial charge in [0, 0.05) is 41.7 Å². The number of rotatable bonds is 15. The zero-order valence-corrected chi connectivity index (χ0v) is 27.2. The van der Waals surface area contributed by atoms with Crippen LogP contribution < -0.4 is 5.32 Å². The van der Waals surface area contributed by atoms with Crippen molar-refractivity contribution in [3.05, 3.63) is 124 Å². The lowest BCUT2D eigenvalue weighted by Gasteiger charge is -2.22. The van der Waals surface area contributed by atoms with Gasteiger partial charge in [0.2, 0.25) is 0 Å². The van der Waals surface area contributed by atoms with E-state index in [0.717, 1.165) is 36.3 Å². The number of carbonyl (C=O) groups excluding carboxylic acids is 1. The van der Waals surface area contributed by atoms with E-state index in [1.165, 1.54) is 22.3 Å². The lowest BCUT2D eigenvalue weighted by atomic mass is 9.93. The minimum atomic E-state index is -0.799. The number of anilines is 1. The molecule has 0 amide bonds. The van der Waals surface area contributed by atoms with Gasteiger partial charge in [0.1, 0.15) is 0 Å². The van der Waals surface area contributed by atoms with E-state index in [-0.39, 0.29) is 18.2 Å². The summed E-state index contributed by atoms with van der Waals surface area (Å²) in [4.78, 5) is 24.9. The van der Waals surface area contributed by atoms with Crippen molar-refractivity contribution in [2.75, 3.05) is 5.32 Å². The van der Waals surface area contributed by atoms with Crippen molar-refractivity contribution in [2.24, 2.45) is 18.9 Å². The van der Waals surface area contributed by atoms with Gasteiger partial charge in [0.05, 0.1) is 6.04 Å². The van der Waals surface area contributed by atoms with Crippen molar-refractivity contribution in [3.63, 3.8) is 0 Å². The van der Waals surface area contributed by atoms with Crippen LogP contribution in [0.3, 0.4) is 0 Å². The molecule has 0 atom stereocenters. The van der Waals surface area contributed by atoms with E-state index in [9.17, 15) is 9.59 Å². The molecule has 0 saturated carbocycles. The Kier molecular flexibility index (Phi) is 11.2. The molecule has 1 heterocycles. The average Bonchev–Trinajstić information content (AvgIpc) is 3.30. The Morgan fingerprint density at radius 3 is 1.89 bits per heavy atom. The third-order valence-corrected chi connectivity index (χ3v) is 8.21. The smallest absolute Gasteiger partial charge is 0.303 e. The molecule has 0 aliphatic rings. The van der Waals surface area contributed by atoms with Gasteiger partial charge in [-0.3, -0.25) is 9.59 Å². The number of ketones is 1. The number of aliphatic carboxylic acids is 1. The molecule has 0 aliphatic heterocycles. The van der Waals surface area contributed by atoms with E-state index in [2.05, 4.69) is 93.0 Å². The molecule has 0 spiro atoms. The second-order valence-corrected chi connectivity index (χ2v) is 12.8. The molecule has 0 bridgehead atoms. The molecule has 0 unspecified atom stereocenters. The molecule has 0 fully saturated rings. The van der Waals surface area contributed by atoms with Gasteiger partial charge in [-0.2, -0.15) is 0 Å². The molecule has 5 nitrogen and oxygen atoms in total. The van der Waals surface area contributed by atoms with Gasteiger partial charge in [-0.15, -0.1) is 0 Å². The largest absolute Gasteiger partial charge is 0.481 e. The quantitative estimate of drug-likeness (QED) is 0.135. The van der Waals surface area contributed by atoms with E-state index >= 15 is 0 Å². The van der Waals surface area contributed by atoms with Crippen LogP contribution >= 0.6 is 0 Å². The van der Waals surface area contributed by atoms with Crippen molar-refractivity contribution in [3.8, 4) is 0 Å². The number of aromatic nitrogens is 1. The van der Waals surface area contributed by atoms with Crippen molar-refractivity contribution in [1.82, 2.24) is 4.57 Å². The first-order chi connectivity index (χ1) is 21.0. The van der Waals surface area contributed by atoms with Crippen LogP contribution in [-0.2, 0) is 37.5 Å². The van der Waals surface area contributed by atoms with E-state index in [0.29, 0.717) is 35.8 Å². The van der Waals surface area contributed by atoms with Crippen LogP contribution in [0.5, 0.6) is 0 Å². The van der Waals surface area contributed by atoms with Crippen LogP contribution in [0.4, 0.5) is 5.69 Å². The highest BCUT2D eigenvalue weighted by Crippen LogP contribution is 2.30. The predicted molar refractivity (Wildman–Crippen MR) is 181 cm³/mol. The molecular weight excluding hydrogens is 544 g/mol. The molecule has 0 radical (unpaired) electrons. The maximum Gasteiger partial charge on any atom is 0.303 e. The summed E-state index contributed by atoms with van der Waals surface area (Å²) in [5.74, 6) is 0.384. The van der Waals surface area contributed by atoms with E-state index in [4.69, 9.17) is 5.11 Å². The number of benzene rings is 3. The summed E-state index contributed by atoms with van der Waals surface area (Å²) in [6, 6.07) is 27.4. The van der Waals surface area contributed by atoms with Crippen LogP contribution in [0.2, 0.25) is 0 Å². The van der Waals surface area contributed by atoms with Gasteiger partial charge in [-0.1, -0.05) is 95.3 Å². The molecule has 5 heteroatoms. The van der Waals surface area contributed by atoms with E-state index < -0.39 is 5.97 Å². The fraction of sp³-hybridized carbons (Fsp3) is 0.385. The lowest BCUT2D eigenvalue weighted by molar-refractivity contribution is -0.137. The molecule has 2 N–H and O–H groups in total. The van der Waals surface area contributed by atoms with Crippen LogP contribution in [0.25, 0.3) is 0 Å². The van der Waals surface area contributed by atoms with Gasteiger partial charge in [-0.25, -0.2) is 0 Å². The number of nitrogens with one attached hydrogen (secondary N) is 1. The second kappa shape index (κ2) is 15.1. The fourth-order valence-electron chi connectivity index (χ4n) is 6.05.